The molecule has 1 amide bonds. The monoisotopic (exact) mass is 468 g/mol. The summed E-state index contributed by atoms with van der Waals surface area (Å²) in [6, 6.07) is 21.4. The predicted octanol–water partition coefficient (Wildman–Crippen LogP) is 2.99. The number of hydrogen-bond acceptors (Lipinski definition) is 6. The molecule has 0 bridgehead atoms. The summed E-state index contributed by atoms with van der Waals surface area (Å²) < 4.78 is 37.6. The van der Waals surface area contributed by atoms with E-state index in [1.807, 2.05) is 6.07 Å². The normalized spacial score (nSPS) is 10.8. The first-order valence-electron chi connectivity index (χ1n) is 10.0. The Balaban J connectivity index is 1.66. The molecule has 33 heavy (non-hydrogen) atoms. The number of rotatable bonds is 9. The zero-order valence-corrected chi connectivity index (χ0v) is 19.0. The van der Waals surface area contributed by atoms with Gasteiger partial charge < -0.3 is 14.8 Å². The quantitative estimate of drug-likeness (QED) is 0.485. The maximum absolute atomic E-state index is 13.1. The fraction of sp³-hybridized carbons (Fsp3) is 0.167. The van der Waals surface area contributed by atoms with Gasteiger partial charge in [0, 0.05) is 13.6 Å². The number of anilines is 1. The molecular formula is C24H24N2O6S. The number of amides is 1. The van der Waals surface area contributed by atoms with Gasteiger partial charge in [0.05, 0.1) is 18.4 Å². The van der Waals surface area contributed by atoms with Crippen LogP contribution in [0.1, 0.15) is 15.9 Å². The van der Waals surface area contributed by atoms with Crippen molar-refractivity contribution in [3.05, 3.63) is 90.0 Å². The second kappa shape index (κ2) is 10.6. The standard InChI is InChI=1S/C24H24N2O6S/c1-26(19-10-4-3-5-11-19)33(29,30)22-14-7-6-13-21(22)24(28)32-17-23(27)25-16-18-9-8-12-20(15-18)31-2/h3-15H,16-17H2,1-2H3,(H,25,27). The fourth-order valence-electron chi connectivity index (χ4n) is 3.03. The summed E-state index contributed by atoms with van der Waals surface area (Å²) in [6.07, 6.45) is 0. The number of sulfonamides is 1. The minimum Gasteiger partial charge on any atom is -0.497 e. The Morgan fingerprint density at radius 2 is 1.64 bits per heavy atom. The van der Waals surface area contributed by atoms with Crippen molar-refractivity contribution < 1.29 is 27.5 Å². The number of nitrogens with zero attached hydrogens (tertiary/aromatic N) is 1. The summed E-state index contributed by atoms with van der Waals surface area (Å²) in [7, 11) is -1.09. The van der Waals surface area contributed by atoms with Gasteiger partial charge in [0.2, 0.25) is 0 Å². The molecule has 0 unspecified atom stereocenters. The van der Waals surface area contributed by atoms with Crippen molar-refractivity contribution in [1.82, 2.24) is 5.32 Å². The highest BCUT2D eigenvalue weighted by Gasteiger charge is 2.27. The van der Waals surface area contributed by atoms with Crippen LogP contribution in [0, 0.1) is 0 Å². The summed E-state index contributed by atoms with van der Waals surface area (Å²) in [5, 5.41) is 2.64. The average Bonchev–Trinajstić information content (AvgIpc) is 2.86. The Bertz CT molecular complexity index is 1230. The second-order valence-corrected chi connectivity index (χ2v) is 8.95. The van der Waals surface area contributed by atoms with Crippen molar-refractivity contribution in [2.75, 3.05) is 25.1 Å². The molecule has 0 aliphatic carbocycles. The summed E-state index contributed by atoms with van der Waals surface area (Å²) >= 11 is 0. The van der Waals surface area contributed by atoms with Crippen LogP contribution in [0.15, 0.2) is 83.8 Å². The van der Waals surface area contributed by atoms with Crippen molar-refractivity contribution in [1.29, 1.82) is 0 Å². The lowest BCUT2D eigenvalue weighted by atomic mass is 10.2. The van der Waals surface area contributed by atoms with Crippen LogP contribution in [0.2, 0.25) is 0 Å². The third-order valence-electron chi connectivity index (χ3n) is 4.82. The highest BCUT2D eigenvalue weighted by atomic mass is 32.2. The molecule has 0 atom stereocenters. The van der Waals surface area contributed by atoms with Gasteiger partial charge >= 0.3 is 5.97 Å². The van der Waals surface area contributed by atoms with Crippen molar-refractivity contribution in [2.24, 2.45) is 0 Å². The SMILES string of the molecule is COc1cccc(CNC(=O)COC(=O)c2ccccc2S(=O)(=O)N(C)c2ccccc2)c1. The van der Waals surface area contributed by atoms with E-state index in [-0.39, 0.29) is 17.0 Å². The largest absolute Gasteiger partial charge is 0.497 e. The van der Waals surface area contributed by atoms with Gasteiger partial charge in [-0.05, 0) is 42.0 Å². The molecule has 8 nitrogen and oxygen atoms in total. The first-order chi connectivity index (χ1) is 15.8. The topological polar surface area (TPSA) is 102 Å². The highest BCUT2D eigenvalue weighted by Crippen LogP contribution is 2.24. The van der Waals surface area contributed by atoms with E-state index in [0.717, 1.165) is 9.87 Å². The van der Waals surface area contributed by atoms with Crippen LogP contribution in [-0.4, -0.2) is 41.1 Å². The van der Waals surface area contributed by atoms with Gasteiger partial charge in [0.15, 0.2) is 6.61 Å². The molecule has 0 spiro atoms. The van der Waals surface area contributed by atoms with Crippen LogP contribution in [-0.2, 0) is 26.1 Å². The molecule has 3 aromatic carbocycles. The van der Waals surface area contributed by atoms with Gasteiger partial charge in [0.25, 0.3) is 15.9 Å². The Hall–Kier alpha value is -3.85. The molecule has 0 heterocycles. The number of para-hydroxylation sites is 1. The Morgan fingerprint density at radius 1 is 0.939 bits per heavy atom. The maximum Gasteiger partial charge on any atom is 0.340 e. The van der Waals surface area contributed by atoms with Gasteiger partial charge in [-0.3, -0.25) is 9.10 Å². The van der Waals surface area contributed by atoms with Crippen molar-refractivity contribution in [2.45, 2.75) is 11.4 Å². The minimum absolute atomic E-state index is 0.152. The molecule has 0 aliphatic heterocycles. The molecule has 0 aliphatic rings. The van der Waals surface area contributed by atoms with Crippen LogP contribution < -0.4 is 14.4 Å². The second-order valence-electron chi connectivity index (χ2n) is 7.01. The van der Waals surface area contributed by atoms with E-state index in [2.05, 4.69) is 5.32 Å². The first-order valence-corrected chi connectivity index (χ1v) is 11.5. The smallest absolute Gasteiger partial charge is 0.340 e. The molecule has 0 saturated carbocycles. The third kappa shape index (κ3) is 5.89. The van der Waals surface area contributed by atoms with E-state index < -0.39 is 28.5 Å². The molecule has 0 fully saturated rings. The average molecular weight is 469 g/mol. The Kier molecular flexibility index (Phi) is 7.68. The van der Waals surface area contributed by atoms with Crippen LogP contribution >= 0.6 is 0 Å². The summed E-state index contributed by atoms with van der Waals surface area (Å²) in [6.45, 7) is -0.327. The number of carbonyl (C=O) groups is 2. The van der Waals surface area contributed by atoms with Gasteiger partial charge in [-0.25, -0.2) is 13.2 Å². The van der Waals surface area contributed by atoms with E-state index >= 15 is 0 Å². The van der Waals surface area contributed by atoms with Crippen molar-refractivity contribution >= 4 is 27.6 Å². The highest BCUT2D eigenvalue weighted by molar-refractivity contribution is 7.92. The third-order valence-corrected chi connectivity index (χ3v) is 6.67. The lowest BCUT2D eigenvalue weighted by Gasteiger charge is -2.20. The number of methoxy groups -OCH3 is 1. The number of hydrogen-bond donors (Lipinski definition) is 1. The van der Waals surface area contributed by atoms with E-state index in [1.165, 1.54) is 31.3 Å². The number of carbonyl (C=O) groups excluding carboxylic acids is 2. The fourth-order valence-corrected chi connectivity index (χ4v) is 4.40. The zero-order valence-electron chi connectivity index (χ0n) is 18.2. The summed E-state index contributed by atoms with van der Waals surface area (Å²) in [5.41, 5.74) is 1.10. The lowest BCUT2D eigenvalue weighted by molar-refractivity contribution is -0.124. The van der Waals surface area contributed by atoms with Crippen LogP contribution in [0.5, 0.6) is 5.75 Å². The molecule has 1 N–H and O–H groups in total. The van der Waals surface area contributed by atoms with E-state index in [0.29, 0.717) is 11.4 Å². The first kappa shape index (κ1) is 23.8. The number of esters is 1. The van der Waals surface area contributed by atoms with Crippen LogP contribution in [0.25, 0.3) is 0 Å². The van der Waals surface area contributed by atoms with Crippen LogP contribution in [0.3, 0.4) is 0 Å². The predicted molar refractivity (Wildman–Crippen MR) is 124 cm³/mol. The molecule has 172 valence electrons. The van der Waals surface area contributed by atoms with E-state index in [4.69, 9.17) is 9.47 Å². The number of ether oxygens (including phenoxy) is 2. The molecule has 9 heteroatoms. The molecular weight excluding hydrogens is 444 g/mol. The Labute approximate surface area is 192 Å². The lowest BCUT2D eigenvalue weighted by Crippen LogP contribution is -2.30. The van der Waals surface area contributed by atoms with E-state index in [1.54, 1.807) is 55.6 Å². The van der Waals surface area contributed by atoms with E-state index in [9.17, 15) is 18.0 Å². The van der Waals surface area contributed by atoms with Crippen molar-refractivity contribution in [3.8, 4) is 5.75 Å². The zero-order chi connectivity index (χ0) is 23.8. The molecule has 3 aromatic rings. The maximum atomic E-state index is 13.1. The van der Waals surface area contributed by atoms with Gasteiger partial charge in [0.1, 0.15) is 10.6 Å². The van der Waals surface area contributed by atoms with Crippen LogP contribution in [0.4, 0.5) is 5.69 Å². The van der Waals surface area contributed by atoms with Gasteiger partial charge in [-0.15, -0.1) is 0 Å². The molecule has 0 saturated heterocycles. The number of nitrogens with one attached hydrogen (secondary N) is 1. The molecule has 0 radical (unpaired) electrons. The molecule has 3 rings (SSSR count). The van der Waals surface area contributed by atoms with Gasteiger partial charge in [-0.2, -0.15) is 0 Å². The summed E-state index contributed by atoms with van der Waals surface area (Å²) in [5.74, 6) is -0.772. The summed E-state index contributed by atoms with van der Waals surface area (Å²) in [4.78, 5) is 24.6. The molecule has 0 aromatic heterocycles. The van der Waals surface area contributed by atoms with Gasteiger partial charge in [-0.1, -0.05) is 42.5 Å². The Morgan fingerprint density at radius 3 is 2.36 bits per heavy atom. The minimum atomic E-state index is -4.04. The number of benzene rings is 3. The van der Waals surface area contributed by atoms with Crippen molar-refractivity contribution in [3.63, 3.8) is 0 Å².